The Morgan fingerprint density at radius 2 is 2.00 bits per heavy atom. The van der Waals surface area contributed by atoms with Gasteiger partial charge in [0.25, 0.3) is 0 Å². The van der Waals surface area contributed by atoms with Gasteiger partial charge in [-0.2, -0.15) is 0 Å². The van der Waals surface area contributed by atoms with Crippen molar-refractivity contribution in [2.24, 2.45) is 5.92 Å². The first-order valence-electron chi connectivity index (χ1n) is 7.22. The second-order valence-corrected chi connectivity index (χ2v) is 6.01. The largest absolute Gasteiger partial charge is 0.307 e. The van der Waals surface area contributed by atoms with E-state index < -0.39 is 0 Å². The first kappa shape index (κ1) is 13.9. The van der Waals surface area contributed by atoms with E-state index in [1.165, 1.54) is 37.7 Å². The molecule has 1 nitrogen and oxygen atoms in total. The minimum atomic E-state index is 0.484. The summed E-state index contributed by atoms with van der Waals surface area (Å²) in [7, 11) is 0. The molecule has 1 saturated carbocycles. The molecule has 1 aliphatic rings. The molecule has 0 bridgehead atoms. The van der Waals surface area contributed by atoms with Crippen molar-refractivity contribution in [3.63, 3.8) is 0 Å². The van der Waals surface area contributed by atoms with Crippen LogP contribution in [-0.2, 0) is 0 Å². The van der Waals surface area contributed by atoms with Crippen molar-refractivity contribution in [3.8, 4) is 0 Å². The van der Waals surface area contributed by atoms with E-state index >= 15 is 0 Å². The number of rotatable bonds is 5. The van der Waals surface area contributed by atoms with Gasteiger partial charge in [-0.25, -0.2) is 0 Å². The van der Waals surface area contributed by atoms with Crippen molar-refractivity contribution in [3.05, 3.63) is 34.9 Å². The third kappa shape index (κ3) is 3.49. The van der Waals surface area contributed by atoms with Crippen molar-refractivity contribution < 1.29 is 0 Å². The van der Waals surface area contributed by atoms with E-state index in [2.05, 4.69) is 31.3 Å². The van der Waals surface area contributed by atoms with Crippen LogP contribution in [0.3, 0.4) is 0 Å². The topological polar surface area (TPSA) is 12.0 Å². The van der Waals surface area contributed by atoms with Gasteiger partial charge in [-0.3, -0.25) is 0 Å². The van der Waals surface area contributed by atoms with E-state index in [9.17, 15) is 0 Å². The fourth-order valence-electron chi connectivity index (χ4n) is 2.98. The number of halogens is 1. The van der Waals surface area contributed by atoms with E-state index in [0.29, 0.717) is 12.1 Å². The van der Waals surface area contributed by atoms with Gasteiger partial charge in [0.15, 0.2) is 0 Å². The summed E-state index contributed by atoms with van der Waals surface area (Å²) in [5, 5.41) is 4.68. The zero-order chi connectivity index (χ0) is 13.0. The van der Waals surface area contributed by atoms with Crippen LogP contribution in [0.1, 0.15) is 57.6 Å². The normalized spacial score (nSPS) is 25.3. The van der Waals surface area contributed by atoms with Crippen molar-refractivity contribution in [2.45, 2.75) is 58.0 Å². The van der Waals surface area contributed by atoms with Crippen LogP contribution < -0.4 is 5.32 Å². The molecule has 0 aromatic heterocycles. The fraction of sp³-hybridized carbons (Fsp3) is 0.625. The summed E-state index contributed by atoms with van der Waals surface area (Å²) in [4.78, 5) is 0. The van der Waals surface area contributed by atoms with Gasteiger partial charge in [-0.15, -0.1) is 0 Å². The Balaban J connectivity index is 2.05. The lowest BCUT2D eigenvalue weighted by atomic mass is 9.98. The van der Waals surface area contributed by atoms with Gasteiger partial charge in [0.1, 0.15) is 0 Å². The van der Waals surface area contributed by atoms with Crippen LogP contribution in [0, 0.1) is 5.92 Å². The third-order valence-electron chi connectivity index (χ3n) is 4.13. The minimum Gasteiger partial charge on any atom is -0.307 e. The van der Waals surface area contributed by atoms with Crippen LogP contribution in [0.5, 0.6) is 0 Å². The Bertz CT molecular complexity index is 360. The summed E-state index contributed by atoms with van der Waals surface area (Å²) in [5.74, 6) is 0.816. The minimum absolute atomic E-state index is 0.484. The molecule has 2 rings (SSSR count). The zero-order valence-corrected chi connectivity index (χ0v) is 12.2. The molecule has 1 fully saturated rings. The van der Waals surface area contributed by atoms with Crippen molar-refractivity contribution >= 4 is 11.6 Å². The van der Waals surface area contributed by atoms with E-state index in [1.807, 2.05) is 12.1 Å². The molecule has 0 spiro atoms. The average Bonchev–Trinajstić information content (AvgIpc) is 2.76. The van der Waals surface area contributed by atoms with Crippen molar-refractivity contribution in [1.82, 2.24) is 5.32 Å². The predicted molar refractivity (Wildman–Crippen MR) is 79.0 cm³/mol. The summed E-state index contributed by atoms with van der Waals surface area (Å²) in [6, 6.07) is 9.50. The number of benzene rings is 1. The molecule has 1 aromatic carbocycles. The second kappa shape index (κ2) is 6.58. The van der Waals surface area contributed by atoms with E-state index in [4.69, 9.17) is 11.6 Å². The van der Waals surface area contributed by atoms with Crippen LogP contribution in [0.15, 0.2) is 24.3 Å². The molecule has 1 aromatic rings. The molecule has 18 heavy (non-hydrogen) atoms. The molecular formula is C16H24ClN. The highest BCUT2D eigenvalue weighted by Crippen LogP contribution is 2.29. The van der Waals surface area contributed by atoms with Gasteiger partial charge in [-0.1, -0.05) is 50.4 Å². The van der Waals surface area contributed by atoms with Gasteiger partial charge < -0.3 is 5.32 Å². The van der Waals surface area contributed by atoms with Gasteiger partial charge in [0.05, 0.1) is 0 Å². The van der Waals surface area contributed by atoms with E-state index in [0.717, 1.165) is 10.9 Å². The van der Waals surface area contributed by atoms with Gasteiger partial charge >= 0.3 is 0 Å². The standard InChI is InChI=1S/C16H24ClN/c1-3-5-16(13-8-10-14(17)11-9-13)18-15-7-4-6-12(15)2/h8-12,15-16,18H,3-7H2,1-2H3. The van der Waals surface area contributed by atoms with Crippen LogP contribution in [0.4, 0.5) is 0 Å². The summed E-state index contributed by atoms with van der Waals surface area (Å²) in [6.07, 6.45) is 6.48. The highest BCUT2D eigenvalue weighted by molar-refractivity contribution is 6.30. The molecule has 1 N–H and O–H groups in total. The molecule has 3 atom stereocenters. The molecule has 1 aliphatic carbocycles. The average molecular weight is 266 g/mol. The Kier molecular flexibility index (Phi) is 5.08. The Morgan fingerprint density at radius 1 is 1.28 bits per heavy atom. The molecule has 0 radical (unpaired) electrons. The van der Waals surface area contributed by atoms with Crippen LogP contribution >= 0.6 is 11.6 Å². The van der Waals surface area contributed by atoms with Crippen LogP contribution in [0.2, 0.25) is 5.02 Å². The summed E-state index contributed by atoms with van der Waals surface area (Å²) < 4.78 is 0. The lowest BCUT2D eigenvalue weighted by Gasteiger charge is -2.26. The highest BCUT2D eigenvalue weighted by atomic mass is 35.5. The van der Waals surface area contributed by atoms with Gasteiger partial charge in [-0.05, 0) is 42.9 Å². The lowest BCUT2D eigenvalue weighted by molar-refractivity contribution is 0.362. The number of hydrogen-bond donors (Lipinski definition) is 1. The molecule has 0 saturated heterocycles. The van der Waals surface area contributed by atoms with E-state index in [1.54, 1.807) is 0 Å². The van der Waals surface area contributed by atoms with Gasteiger partial charge in [0.2, 0.25) is 0 Å². The second-order valence-electron chi connectivity index (χ2n) is 5.57. The van der Waals surface area contributed by atoms with Crippen molar-refractivity contribution in [2.75, 3.05) is 0 Å². The SMILES string of the molecule is CCCC(NC1CCCC1C)c1ccc(Cl)cc1. The maximum atomic E-state index is 5.97. The molecular weight excluding hydrogens is 242 g/mol. The summed E-state index contributed by atoms with van der Waals surface area (Å²) in [5.41, 5.74) is 1.38. The zero-order valence-electron chi connectivity index (χ0n) is 11.5. The molecule has 0 aliphatic heterocycles. The Hall–Kier alpha value is -0.530. The Morgan fingerprint density at radius 3 is 2.56 bits per heavy atom. The molecule has 0 heterocycles. The molecule has 100 valence electrons. The molecule has 0 amide bonds. The number of nitrogens with one attached hydrogen (secondary N) is 1. The van der Waals surface area contributed by atoms with Crippen LogP contribution in [-0.4, -0.2) is 6.04 Å². The first-order valence-corrected chi connectivity index (χ1v) is 7.60. The summed E-state index contributed by atoms with van der Waals surface area (Å²) >= 11 is 5.97. The highest BCUT2D eigenvalue weighted by Gasteiger charge is 2.25. The quantitative estimate of drug-likeness (QED) is 0.793. The van der Waals surface area contributed by atoms with Gasteiger partial charge in [0, 0.05) is 17.1 Å². The molecule has 3 unspecified atom stereocenters. The smallest absolute Gasteiger partial charge is 0.0406 e. The third-order valence-corrected chi connectivity index (χ3v) is 4.38. The van der Waals surface area contributed by atoms with Crippen molar-refractivity contribution in [1.29, 1.82) is 0 Å². The predicted octanol–water partition coefficient (Wildman–Crippen LogP) is 4.96. The summed E-state index contributed by atoms with van der Waals surface area (Å²) in [6.45, 7) is 4.62. The maximum Gasteiger partial charge on any atom is 0.0406 e. The maximum absolute atomic E-state index is 5.97. The fourth-order valence-corrected chi connectivity index (χ4v) is 3.11. The lowest BCUT2D eigenvalue weighted by Crippen LogP contribution is -2.34. The first-order chi connectivity index (χ1) is 8.70. The Labute approximate surface area is 116 Å². The molecule has 2 heteroatoms. The van der Waals surface area contributed by atoms with E-state index in [-0.39, 0.29) is 0 Å². The monoisotopic (exact) mass is 265 g/mol. The number of hydrogen-bond acceptors (Lipinski definition) is 1. The van der Waals surface area contributed by atoms with Crippen LogP contribution in [0.25, 0.3) is 0 Å².